The molecule has 0 aromatic heterocycles. The summed E-state index contributed by atoms with van der Waals surface area (Å²) in [4.78, 5) is 4.37. The molecule has 0 N–H and O–H groups in total. The standard InChI is InChI=1S/C15H24N4/c1-12(2)19-8-5-15(13(10-19)3-6-16)14-4-7-18(9-14)11-17/h12-15H,3-5,7-10H2,1-2H3. The van der Waals surface area contributed by atoms with Crippen LogP contribution in [0.15, 0.2) is 0 Å². The molecule has 104 valence electrons. The van der Waals surface area contributed by atoms with E-state index in [1.54, 1.807) is 0 Å². The molecule has 4 heteroatoms. The lowest BCUT2D eigenvalue weighted by Crippen LogP contribution is -2.46. The van der Waals surface area contributed by atoms with Gasteiger partial charge in [0.2, 0.25) is 0 Å². The Balaban J connectivity index is 2.00. The Labute approximate surface area is 116 Å². The third-order valence-electron chi connectivity index (χ3n) is 4.88. The second-order valence-electron chi connectivity index (χ2n) is 6.26. The van der Waals surface area contributed by atoms with Crippen LogP contribution in [0.5, 0.6) is 0 Å². The molecule has 0 saturated carbocycles. The molecular formula is C15H24N4. The third-order valence-corrected chi connectivity index (χ3v) is 4.88. The van der Waals surface area contributed by atoms with Crippen LogP contribution >= 0.6 is 0 Å². The molecule has 0 aromatic carbocycles. The fourth-order valence-corrected chi connectivity index (χ4v) is 3.73. The summed E-state index contributed by atoms with van der Waals surface area (Å²) in [6.45, 7) is 8.48. The molecule has 19 heavy (non-hydrogen) atoms. The molecule has 3 atom stereocenters. The first-order chi connectivity index (χ1) is 9.15. The van der Waals surface area contributed by atoms with Gasteiger partial charge in [0.25, 0.3) is 0 Å². The van der Waals surface area contributed by atoms with Crippen molar-refractivity contribution in [1.29, 1.82) is 10.5 Å². The highest BCUT2D eigenvalue weighted by Crippen LogP contribution is 2.37. The van der Waals surface area contributed by atoms with E-state index in [-0.39, 0.29) is 0 Å². The molecule has 2 heterocycles. The molecule has 2 fully saturated rings. The van der Waals surface area contributed by atoms with Gasteiger partial charge in [-0.3, -0.25) is 0 Å². The third kappa shape index (κ3) is 3.19. The van der Waals surface area contributed by atoms with Gasteiger partial charge in [-0.05, 0) is 51.0 Å². The van der Waals surface area contributed by atoms with Crippen LogP contribution in [0.2, 0.25) is 0 Å². The molecule has 2 rings (SSSR count). The highest BCUT2D eigenvalue weighted by molar-refractivity contribution is 4.95. The molecular weight excluding hydrogens is 236 g/mol. The van der Waals surface area contributed by atoms with Crippen LogP contribution < -0.4 is 0 Å². The lowest BCUT2D eigenvalue weighted by atomic mass is 9.75. The van der Waals surface area contributed by atoms with E-state index in [9.17, 15) is 0 Å². The average molecular weight is 260 g/mol. The minimum atomic E-state index is 0.491. The molecule has 2 aliphatic rings. The molecule has 0 aliphatic carbocycles. The molecule has 3 unspecified atom stereocenters. The summed E-state index contributed by atoms with van der Waals surface area (Å²) in [5.74, 6) is 1.74. The molecule has 0 amide bonds. The summed E-state index contributed by atoms with van der Waals surface area (Å²) in [5, 5.41) is 18.1. The molecule has 0 bridgehead atoms. The maximum Gasteiger partial charge on any atom is 0.179 e. The average Bonchev–Trinajstić information content (AvgIpc) is 2.87. The van der Waals surface area contributed by atoms with Crippen LogP contribution in [0, 0.1) is 40.5 Å². The lowest BCUT2D eigenvalue weighted by Gasteiger charge is -2.42. The number of hydrogen-bond acceptors (Lipinski definition) is 4. The number of nitriles is 2. The van der Waals surface area contributed by atoms with Gasteiger partial charge in [-0.1, -0.05) is 0 Å². The van der Waals surface area contributed by atoms with Crippen LogP contribution in [0.3, 0.4) is 0 Å². The molecule has 0 spiro atoms. The quantitative estimate of drug-likeness (QED) is 0.729. The van der Waals surface area contributed by atoms with Crippen molar-refractivity contribution < 1.29 is 0 Å². The summed E-state index contributed by atoms with van der Waals surface area (Å²) in [6.07, 6.45) is 5.24. The summed E-state index contributed by atoms with van der Waals surface area (Å²) < 4.78 is 0. The van der Waals surface area contributed by atoms with Crippen LogP contribution in [-0.2, 0) is 0 Å². The van der Waals surface area contributed by atoms with E-state index in [0.29, 0.717) is 30.2 Å². The Morgan fingerprint density at radius 1 is 1.16 bits per heavy atom. The molecule has 0 radical (unpaired) electrons. The first-order valence-electron chi connectivity index (χ1n) is 7.41. The summed E-state index contributed by atoms with van der Waals surface area (Å²) >= 11 is 0. The minimum Gasteiger partial charge on any atom is -0.310 e. The maximum atomic E-state index is 9.07. The van der Waals surface area contributed by atoms with Crippen molar-refractivity contribution in [1.82, 2.24) is 9.80 Å². The Hall–Kier alpha value is -1.26. The van der Waals surface area contributed by atoms with E-state index in [0.717, 1.165) is 32.6 Å². The number of rotatable bonds is 3. The van der Waals surface area contributed by atoms with Gasteiger partial charge in [0, 0.05) is 32.1 Å². The molecule has 0 aromatic rings. The number of hydrogen-bond donors (Lipinski definition) is 0. The zero-order chi connectivity index (χ0) is 13.8. The van der Waals surface area contributed by atoms with Gasteiger partial charge in [-0.15, -0.1) is 0 Å². The highest BCUT2D eigenvalue weighted by atomic mass is 15.2. The Morgan fingerprint density at radius 3 is 2.53 bits per heavy atom. The second kappa shape index (κ2) is 6.26. The predicted molar refractivity (Wildman–Crippen MR) is 73.8 cm³/mol. The van der Waals surface area contributed by atoms with Crippen molar-refractivity contribution in [3.05, 3.63) is 0 Å². The largest absolute Gasteiger partial charge is 0.310 e. The van der Waals surface area contributed by atoms with Crippen molar-refractivity contribution in [2.45, 2.75) is 39.2 Å². The van der Waals surface area contributed by atoms with Gasteiger partial charge in [0.1, 0.15) is 0 Å². The van der Waals surface area contributed by atoms with Gasteiger partial charge in [0.05, 0.1) is 6.07 Å². The number of likely N-dealkylation sites (tertiary alicyclic amines) is 2. The van der Waals surface area contributed by atoms with E-state index >= 15 is 0 Å². The van der Waals surface area contributed by atoms with Crippen LogP contribution in [0.1, 0.15) is 33.1 Å². The van der Waals surface area contributed by atoms with Crippen molar-refractivity contribution in [3.8, 4) is 12.3 Å². The number of piperidine rings is 1. The van der Waals surface area contributed by atoms with Gasteiger partial charge in [-0.25, -0.2) is 0 Å². The van der Waals surface area contributed by atoms with Gasteiger partial charge >= 0.3 is 0 Å². The Kier molecular flexibility index (Phi) is 4.66. The molecule has 2 saturated heterocycles. The summed E-state index contributed by atoms with van der Waals surface area (Å²) in [5.41, 5.74) is 0. The minimum absolute atomic E-state index is 0.491. The van der Waals surface area contributed by atoms with Crippen molar-refractivity contribution in [3.63, 3.8) is 0 Å². The second-order valence-corrected chi connectivity index (χ2v) is 6.26. The first kappa shape index (κ1) is 14.2. The molecule has 2 aliphatic heterocycles. The van der Waals surface area contributed by atoms with Crippen LogP contribution in [-0.4, -0.2) is 42.0 Å². The summed E-state index contributed by atoms with van der Waals surface area (Å²) in [7, 11) is 0. The Bertz CT molecular complexity index is 379. The fourth-order valence-electron chi connectivity index (χ4n) is 3.73. The normalized spacial score (nSPS) is 32.3. The van der Waals surface area contributed by atoms with E-state index in [4.69, 9.17) is 10.5 Å². The zero-order valence-electron chi connectivity index (χ0n) is 12.0. The fraction of sp³-hybridized carbons (Fsp3) is 0.867. The van der Waals surface area contributed by atoms with Crippen molar-refractivity contribution in [2.75, 3.05) is 26.2 Å². The SMILES string of the molecule is CC(C)N1CCC(C2CCN(C#N)C2)C(CC#N)C1. The van der Waals surface area contributed by atoms with E-state index in [1.807, 2.05) is 4.90 Å². The smallest absolute Gasteiger partial charge is 0.179 e. The predicted octanol–water partition coefficient (Wildman–Crippen LogP) is 2.05. The van der Waals surface area contributed by atoms with E-state index in [1.165, 1.54) is 6.42 Å². The van der Waals surface area contributed by atoms with Crippen molar-refractivity contribution in [2.24, 2.45) is 17.8 Å². The topological polar surface area (TPSA) is 54.1 Å². The van der Waals surface area contributed by atoms with Gasteiger partial charge in [0.15, 0.2) is 6.19 Å². The Morgan fingerprint density at radius 2 is 1.95 bits per heavy atom. The van der Waals surface area contributed by atoms with Gasteiger partial charge in [-0.2, -0.15) is 10.5 Å². The summed E-state index contributed by atoms with van der Waals surface area (Å²) in [6, 6.07) is 2.94. The lowest BCUT2D eigenvalue weighted by molar-refractivity contribution is 0.0672. The van der Waals surface area contributed by atoms with Crippen LogP contribution in [0.4, 0.5) is 0 Å². The van der Waals surface area contributed by atoms with E-state index in [2.05, 4.69) is 31.0 Å². The highest BCUT2D eigenvalue weighted by Gasteiger charge is 2.37. The molecule has 4 nitrogen and oxygen atoms in total. The zero-order valence-corrected chi connectivity index (χ0v) is 12.0. The van der Waals surface area contributed by atoms with Gasteiger partial charge < -0.3 is 9.80 Å². The number of nitrogens with zero attached hydrogens (tertiary/aromatic N) is 4. The monoisotopic (exact) mass is 260 g/mol. The van der Waals surface area contributed by atoms with E-state index < -0.39 is 0 Å². The first-order valence-corrected chi connectivity index (χ1v) is 7.41. The van der Waals surface area contributed by atoms with Crippen LogP contribution in [0.25, 0.3) is 0 Å². The maximum absolute atomic E-state index is 9.07. The van der Waals surface area contributed by atoms with Crippen molar-refractivity contribution >= 4 is 0 Å².